The number of unbranched alkanes of at least 4 members (excludes halogenated alkanes) is 2. The zero-order chi connectivity index (χ0) is 11.8. The molecule has 0 aromatic heterocycles. The maximum Gasteiger partial charge on any atom is 0.119 e. The molecule has 3 nitrogen and oxygen atoms in total. The molecular formula is C13H20N2O. The lowest BCUT2D eigenvalue weighted by Gasteiger charge is -2.06. The fraction of sp³-hybridized carbons (Fsp3) is 0.462. The molecule has 0 bridgehead atoms. The lowest BCUT2D eigenvalue weighted by atomic mass is 10.1. The van der Waals surface area contributed by atoms with Gasteiger partial charge in [0.05, 0.1) is 12.4 Å². The molecule has 1 aromatic carbocycles. The first-order chi connectivity index (χ1) is 7.72. The van der Waals surface area contributed by atoms with E-state index in [2.05, 4.69) is 6.92 Å². The van der Waals surface area contributed by atoms with E-state index in [0.29, 0.717) is 6.42 Å². The van der Waals surface area contributed by atoms with E-state index in [4.69, 9.17) is 15.9 Å². The highest BCUT2D eigenvalue weighted by Gasteiger charge is 1.97. The van der Waals surface area contributed by atoms with E-state index in [-0.39, 0.29) is 5.84 Å². The molecule has 1 aromatic rings. The molecule has 1 rings (SSSR count). The van der Waals surface area contributed by atoms with Crippen LogP contribution in [0, 0.1) is 5.41 Å². The maximum atomic E-state index is 7.19. The van der Waals surface area contributed by atoms with E-state index in [9.17, 15) is 0 Å². The minimum absolute atomic E-state index is 0.191. The van der Waals surface area contributed by atoms with Gasteiger partial charge in [0.2, 0.25) is 0 Å². The number of hydrogen-bond donors (Lipinski definition) is 2. The summed E-state index contributed by atoms with van der Waals surface area (Å²) in [5.41, 5.74) is 6.38. The fourth-order valence-electron chi connectivity index (χ4n) is 1.47. The summed E-state index contributed by atoms with van der Waals surface area (Å²) >= 11 is 0. The van der Waals surface area contributed by atoms with Crippen molar-refractivity contribution in [2.45, 2.75) is 32.6 Å². The third kappa shape index (κ3) is 4.82. The standard InChI is InChI=1S/C13H20N2O/c1-2-3-4-9-16-12-7-5-11(6-8-12)10-13(14)15/h5-8H,2-4,9-10H2,1H3,(H3,14,15). The molecule has 0 aliphatic heterocycles. The highest BCUT2D eigenvalue weighted by Crippen LogP contribution is 2.13. The van der Waals surface area contributed by atoms with Crippen LogP contribution < -0.4 is 10.5 Å². The number of nitrogens with two attached hydrogens (primary N) is 1. The summed E-state index contributed by atoms with van der Waals surface area (Å²) in [5.74, 6) is 1.08. The Labute approximate surface area is 97.1 Å². The van der Waals surface area contributed by atoms with Crippen molar-refractivity contribution in [3.05, 3.63) is 29.8 Å². The predicted octanol–water partition coefficient (Wildman–Crippen LogP) is 2.73. The zero-order valence-corrected chi connectivity index (χ0v) is 9.83. The molecule has 0 radical (unpaired) electrons. The Morgan fingerprint density at radius 2 is 1.94 bits per heavy atom. The summed E-state index contributed by atoms with van der Waals surface area (Å²) in [4.78, 5) is 0. The van der Waals surface area contributed by atoms with E-state index in [1.807, 2.05) is 24.3 Å². The molecule has 0 aliphatic rings. The van der Waals surface area contributed by atoms with Gasteiger partial charge in [-0.2, -0.15) is 0 Å². The Hall–Kier alpha value is -1.51. The maximum absolute atomic E-state index is 7.19. The molecule has 16 heavy (non-hydrogen) atoms. The molecule has 0 unspecified atom stereocenters. The predicted molar refractivity (Wildman–Crippen MR) is 67.1 cm³/mol. The second-order valence-corrected chi connectivity index (χ2v) is 3.90. The van der Waals surface area contributed by atoms with Gasteiger partial charge >= 0.3 is 0 Å². The molecule has 0 heterocycles. The van der Waals surface area contributed by atoms with Crippen molar-refractivity contribution in [2.75, 3.05) is 6.61 Å². The molecule has 3 heteroatoms. The highest BCUT2D eigenvalue weighted by atomic mass is 16.5. The van der Waals surface area contributed by atoms with Crippen molar-refractivity contribution in [3.63, 3.8) is 0 Å². The van der Waals surface area contributed by atoms with Crippen LogP contribution in [0.5, 0.6) is 5.75 Å². The number of rotatable bonds is 7. The first kappa shape index (κ1) is 12.6. The van der Waals surface area contributed by atoms with Gasteiger partial charge in [-0.05, 0) is 24.1 Å². The average Bonchev–Trinajstić information content (AvgIpc) is 2.26. The molecule has 0 saturated carbocycles. The van der Waals surface area contributed by atoms with Crippen LogP contribution in [0.1, 0.15) is 31.7 Å². The third-order valence-corrected chi connectivity index (χ3v) is 2.33. The van der Waals surface area contributed by atoms with Gasteiger partial charge < -0.3 is 10.5 Å². The molecule has 0 saturated heterocycles. The average molecular weight is 220 g/mol. The van der Waals surface area contributed by atoms with E-state index in [1.54, 1.807) is 0 Å². The van der Waals surface area contributed by atoms with Crippen LogP contribution in [0.25, 0.3) is 0 Å². The van der Waals surface area contributed by atoms with Gasteiger partial charge in [0.25, 0.3) is 0 Å². The molecular weight excluding hydrogens is 200 g/mol. The summed E-state index contributed by atoms with van der Waals surface area (Å²) in [6.07, 6.45) is 4.03. The van der Waals surface area contributed by atoms with E-state index in [0.717, 1.165) is 24.3 Å². The summed E-state index contributed by atoms with van der Waals surface area (Å²) < 4.78 is 5.58. The minimum atomic E-state index is 0.191. The molecule has 3 N–H and O–H groups in total. The van der Waals surface area contributed by atoms with Crippen LogP contribution >= 0.6 is 0 Å². The minimum Gasteiger partial charge on any atom is -0.494 e. The van der Waals surface area contributed by atoms with E-state index < -0.39 is 0 Å². The zero-order valence-electron chi connectivity index (χ0n) is 9.83. The normalized spacial score (nSPS) is 10.1. The van der Waals surface area contributed by atoms with Crippen molar-refractivity contribution in [1.82, 2.24) is 0 Å². The Balaban J connectivity index is 2.36. The Bertz CT molecular complexity index is 319. The van der Waals surface area contributed by atoms with Crippen molar-refractivity contribution >= 4 is 5.84 Å². The topological polar surface area (TPSA) is 59.1 Å². The molecule has 88 valence electrons. The van der Waals surface area contributed by atoms with Crippen LogP contribution in [-0.4, -0.2) is 12.4 Å². The quantitative estimate of drug-likeness (QED) is 0.421. The van der Waals surface area contributed by atoms with E-state index in [1.165, 1.54) is 12.8 Å². The fourth-order valence-corrected chi connectivity index (χ4v) is 1.47. The van der Waals surface area contributed by atoms with Crippen LogP contribution in [0.2, 0.25) is 0 Å². The van der Waals surface area contributed by atoms with Gasteiger partial charge in [0.1, 0.15) is 5.75 Å². The van der Waals surface area contributed by atoms with Crippen LogP contribution in [0.3, 0.4) is 0 Å². The van der Waals surface area contributed by atoms with Gasteiger partial charge in [-0.1, -0.05) is 31.9 Å². The number of nitrogens with one attached hydrogen (secondary N) is 1. The molecule has 0 aliphatic carbocycles. The first-order valence-electron chi connectivity index (χ1n) is 5.77. The SMILES string of the molecule is CCCCCOc1ccc(CC(=N)N)cc1. The Kier molecular flexibility index (Phi) is 5.40. The van der Waals surface area contributed by atoms with E-state index >= 15 is 0 Å². The van der Waals surface area contributed by atoms with Crippen LogP contribution in [-0.2, 0) is 6.42 Å². The van der Waals surface area contributed by atoms with Crippen molar-refractivity contribution in [3.8, 4) is 5.75 Å². The van der Waals surface area contributed by atoms with Crippen molar-refractivity contribution in [2.24, 2.45) is 5.73 Å². The summed E-state index contributed by atoms with van der Waals surface area (Å²) in [6, 6.07) is 7.78. The second kappa shape index (κ2) is 6.88. The number of hydrogen-bond acceptors (Lipinski definition) is 2. The monoisotopic (exact) mass is 220 g/mol. The number of benzene rings is 1. The van der Waals surface area contributed by atoms with Crippen LogP contribution in [0.4, 0.5) is 0 Å². The summed E-state index contributed by atoms with van der Waals surface area (Å²) in [5, 5.41) is 7.19. The second-order valence-electron chi connectivity index (χ2n) is 3.90. The first-order valence-corrected chi connectivity index (χ1v) is 5.77. The largest absolute Gasteiger partial charge is 0.494 e. The molecule has 0 amide bonds. The highest BCUT2D eigenvalue weighted by molar-refractivity contribution is 5.79. The van der Waals surface area contributed by atoms with Crippen molar-refractivity contribution in [1.29, 1.82) is 5.41 Å². The molecule has 0 fully saturated rings. The van der Waals surface area contributed by atoms with Gasteiger partial charge in [-0.25, -0.2) is 0 Å². The van der Waals surface area contributed by atoms with Gasteiger partial charge in [0.15, 0.2) is 0 Å². The van der Waals surface area contributed by atoms with Gasteiger partial charge in [-0.15, -0.1) is 0 Å². The van der Waals surface area contributed by atoms with Gasteiger partial charge in [-0.3, -0.25) is 5.41 Å². The third-order valence-electron chi connectivity index (χ3n) is 2.33. The summed E-state index contributed by atoms with van der Waals surface area (Å²) in [6.45, 7) is 2.95. The molecule has 0 spiro atoms. The smallest absolute Gasteiger partial charge is 0.119 e. The lowest BCUT2D eigenvalue weighted by Crippen LogP contribution is -2.12. The van der Waals surface area contributed by atoms with Crippen molar-refractivity contribution < 1.29 is 4.74 Å². The molecule has 0 atom stereocenters. The summed E-state index contributed by atoms with van der Waals surface area (Å²) in [7, 11) is 0. The Morgan fingerprint density at radius 3 is 2.50 bits per heavy atom. The van der Waals surface area contributed by atoms with Gasteiger partial charge in [0, 0.05) is 6.42 Å². The van der Waals surface area contributed by atoms with Crippen LogP contribution in [0.15, 0.2) is 24.3 Å². The lowest BCUT2D eigenvalue weighted by molar-refractivity contribution is 0.306. The number of ether oxygens (including phenoxy) is 1. The Morgan fingerprint density at radius 1 is 1.25 bits per heavy atom. The number of amidine groups is 1.